The molecule has 0 heterocycles. The molecule has 0 aliphatic carbocycles. The van der Waals surface area contributed by atoms with Crippen molar-refractivity contribution < 1.29 is 4.39 Å². The molecule has 0 amide bonds. The molecule has 0 aliphatic heterocycles. The summed E-state index contributed by atoms with van der Waals surface area (Å²) in [6, 6.07) is 15.3. The van der Waals surface area contributed by atoms with E-state index < -0.39 is 0 Å². The van der Waals surface area contributed by atoms with Crippen LogP contribution in [0.3, 0.4) is 0 Å². The highest BCUT2D eigenvalue weighted by molar-refractivity contribution is 9.10. The van der Waals surface area contributed by atoms with Crippen LogP contribution in [0.15, 0.2) is 53.0 Å². The average Bonchev–Trinajstić information content (AvgIpc) is 2.48. The van der Waals surface area contributed by atoms with Crippen molar-refractivity contribution in [2.75, 3.05) is 5.32 Å². The Labute approximate surface area is 128 Å². The fourth-order valence-corrected chi connectivity index (χ4v) is 2.57. The Morgan fingerprint density at radius 3 is 2.60 bits per heavy atom. The predicted octanol–water partition coefficient (Wildman–Crippen LogP) is 5.93. The molecule has 1 unspecified atom stereocenters. The lowest BCUT2D eigenvalue weighted by molar-refractivity contribution is 0.607. The number of benzene rings is 2. The van der Waals surface area contributed by atoms with Crippen molar-refractivity contribution in [3.63, 3.8) is 0 Å². The molecule has 3 heteroatoms. The van der Waals surface area contributed by atoms with Crippen LogP contribution in [-0.2, 0) is 0 Å². The third-order valence-electron chi connectivity index (χ3n) is 3.31. The van der Waals surface area contributed by atoms with Gasteiger partial charge in [-0.05, 0) is 30.2 Å². The van der Waals surface area contributed by atoms with Crippen molar-refractivity contribution in [1.29, 1.82) is 0 Å². The summed E-state index contributed by atoms with van der Waals surface area (Å²) in [6.45, 7) is 2.17. The second-order valence-electron chi connectivity index (χ2n) is 4.87. The molecule has 1 nitrogen and oxygen atoms in total. The number of halogens is 2. The molecular formula is C17H19BrFN. The molecule has 1 N–H and O–H groups in total. The number of unbranched alkanes of at least 4 members (excludes halogenated alkanes) is 1. The van der Waals surface area contributed by atoms with Gasteiger partial charge in [0.2, 0.25) is 0 Å². The molecule has 2 aromatic rings. The van der Waals surface area contributed by atoms with Crippen LogP contribution in [0.5, 0.6) is 0 Å². The third kappa shape index (κ3) is 4.07. The number of rotatable bonds is 6. The Bertz CT molecular complexity index is 542. The van der Waals surface area contributed by atoms with Gasteiger partial charge in [0, 0.05) is 4.47 Å². The third-order valence-corrected chi connectivity index (χ3v) is 3.80. The van der Waals surface area contributed by atoms with E-state index >= 15 is 0 Å². The van der Waals surface area contributed by atoms with Crippen LogP contribution in [0.4, 0.5) is 10.1 Å². The maximum absolute atomic E-state index is 13.9. The van der Waals surface area contributed by atoms with E-state index in [4.69, 9.17) is 0 Å². The molecule has 0 aromatic heterocycles. The Morgan fingerprint density at radius 2 is 1.90 bits per heavy atom. The molecule has 0 spiro atoms. The van der Waals surface area contributed by atoms with Crippen molar-refractivity contribution in [3.8, 4) is 0 Å². The first-order chi connectivity index (χ1) is 9.70. The van der Waals surface area contributed by atoms with Crippen molar-refractivity contribution in [3.05, 3.63) is 64.4 Å². The van der Waals surface area contributed by atoms with E-state index in [9.17, 15) is 4.39 Å². The molecule has 0 radical (unpaired) electrons. The standard InChI is InChI=1S/C17H19BrFN/c1-2-3-9-16(13-7-5-4-6-8-13)20-17-12-14(18)10-11-15(17)19/h4-8,10-12,16,20H,2-3,9H2,1H3. The molecule has 0 aliphatic rings. The summed E-state index contributed by atoms with van der Waals surface area (Å²) in [5.41, 5.74) is 1.74. The lowest BCUT2D eigenvalue weighted by Gasteiger charge is -2.21. The summed E-state index contributed by atoms with van der Waals surface area (Å²) in [4.78, 5) is 0. The first-order valence-electron chi connectivity index (χ1n) is 6.97. The molecule has 0 saturated carbocycles. The lowest BCUT2D eigenvalue weighted by atomic mass is 10.0. The van der Waals surface area contributed by atoms with Crippen LogP contribution in [-0.4, -0.2) is 0 Å². The molecule has 2 aromatic carbocycles. The van der Waals surface area contributed by atoms with E-state index in [0.29, 0.717) is 5.69 Å². The largest absolute Gasteiger partial charge is 0.376 e. The quantitative estimate of drug-likeness (QED) is 0.689. The molecule has 2 rings (SSSR count). The minimum absolute atomic E-state index is 0.139. The summed E-state index contributed by atoms with van der Waals surface area (Å²) in [5.74, 6) is -0.217. The minimum Gasteiger partial charge on any atom is -0.376 e. The van der Waals surface area contributed by atoms with E-state index in [0.717, 1.165) is 23.7 Å². The first-order valence-corrected chi connectivity index (χ1v) is 7.76. The zero-order chi connectivity index (χ0) is 14.4. The zero-order valence-electron chi connectivity index (χ0n) is 11.6. The van der Waals surface area contributed by atoms with E-state index in [2.05, 4.69) is 40.3 Å². The number of anilines is 1. The van der Waals surface area contributed by atoms with Gasteiger partial charge in [-0.25, -0.2) is 4.39 Å². The van der Waals surface area contributed by atoms with Gasteiger partial charge in [-0.3, -0.25) is 0 Å². The summed E-state index contributed by atoms with van der Waals surface area (Å²) >= 11 is 3.39. The van der Waals surface area contributed by atoms with E-state index in [1.54, 1.807) is 12.1 Å². The van der Waals surface area contributed by atoms with Crippen LogP contribution in [0.2, 0.25) is 0 Å². The first kappa shape index (κ1) is 15.0. The van der Waals surface area contributed by atoms with Crippen LogP contribution in [0, 0.1) is 5.82 Å². The molecule has 0 bridgehead atoms. The summed E-state index contributed by atoms with van der Waals surface area (Å²) in [7, 11) is 0. The highest BCUT2D eigenvalue weighted by atomic mass is 79.9. The zero-order valence-corrected chi connectivity index (χ0v) is 13.2. The van der Waals surface area contributed by atoms with Crippen LogP contribution in [0.25, 0.3) is 0 Å². The Kier molecular flexibility index (Phi) is 5.60. The summed E-state index contributed by atoms with van der Waals surface area (Å²) < 4.78 is 14.8. The Morgan fingerprint density at radius 1 is 1.15 bits per heavy atom. The fourth-order valence-electron chi connectivity index (χ4n) is 2.21. The molecule has 1 atom stereocenters. The van der Waals surface area contributed by atoms with E-state index in [1.165, 1.54) is 11.6 Å². The smallest absolute Gasteiger partial charge is 0.146 e. The van der Waals surface area contributed by atoms with Crippen molar-refractivity contribution in [2.24, 2.45) is 0 Å². The maximum atomic E-state index is 13.9. The number of nitrogens with one attached hydrogen (secondary N) is 1. The molecule has 0 saturated heterocycles. The van der Waals surface area contributed by atoms with Crippen LogP contribution >= 0.6 is 15.9 Å². The van der Waals surface area contributed by atoms with E-state index in [1.807, 2.05) is 18.2 Å². The van der Waals surface area contributed by atoms with Gasteiger partial charge in [-0.2, -0.15) is 0 Å². The van der Waals surface area contributed by atoms with Crippen LogP contribution < -0.4 is 5.32 Å². The molecule has 20 heavy (non-hydrogen) atoms. The highest BCUT2D eigenvalue weighted by Crippen LogP contribution is 2.28. The second kappa shape index (κ2) is 7.44. The fraction of sp³-hybridized carbons (Fsp3) is 0.294. The van der Waals surface area contributed by atoms with Gasteiger partial charge < -0.3 is 5.32 Å². The van der Waals surface area contributed by atoms with Gasteiger partial charge in [0.15, 0.2) is 0 Å². The maximum Gasteiger partial charge on any atom is 0.146 e. The van der Waals surface area contributed by atoms with Crippen molar-refractivity contribution >= 4 is 21.6 Å². The van der Waals surface area contributed by atoms with Gasteiger partial charge in [0.1, 0.15) is 5.82 Å². The van der Waals surface area contributed by atoms with Gasteiger partial charge in [0.25, 0.3) is 0 Å². The minimum atomic E-state index is -0.217. The van der Waals surface area contributed by atoms with E-state index in [-0.39, 0.29) is 11.9 Å². The predicted molar refractivity (Wildman–Crippen MR) is 86.4 cm³/mol. The second-order valence-corrected chi connectivity index (χ2v) is 5.79. The average molecular weight is 336 g/mol. The van der Waals surface area contributed by atoms with Crippen molar-refractivity contribution in [1.82, 2.24) is 0 Å². The molecule has 106 valence electrons. The van der Waals surface area contributed by atoms with Gasteiger partial charge >= 0.3 is 0 Å². The normalized spacial score (nSPS) is 12.2. The number of hydrogen-bond acceptors (Lipinski definition) is 1. The van der Waals surface area contributed by atoms with Gasteiger partial charge in [-0.15, -0.1) is 0 Å². The monoisotopic (exact) mass is 335 g/mol. The lowest BCUT2D eigenvalue weighted by Crippen LogP contribution is -2.11. The summed E-state index contributed by atoms with van der Waals surface area (Å²) in [6.07, 6.45) is 3.24. The SMILES string of the molecule is CCCCC(Nc1cc(Br)ccc1F)c1ccccc1. The highest BCUT2D eigenvalue weighted by Gasteiger charge is 2.13. The van der Waals surface area contributed by atoms with Crippen LogP contribution in [0.1, 0.15) is 37.8 Å². The topological polar surface area (TPSA) is 12.0 Å². The Hall–Kier alpha value is -1.35. The van der Waals surface area contributed by atoms with Gasteiger partial charge in [0.05, 0.1) is 11.7 Å². The number of hydrogen-bond donors (Lipinski definition) is 1. The molecular weight excluding hydrogens is 317 g/mol. The van der Waals surface area contributed by atoms with Gasteiger partial charge in [-0.1, -0.05) is 66.0 Å². The Balaban J connectivity index is 2.21. The molecule has 0 fully saturated rings. The summed E-state index contributed by atoms with van der Waals surface area (Å²) in [5, 5.41) is 3.33. The van der Waals surface area contributed by atoms with Crippen molar-refractivity contribution in [2.45, 2.75) is 32.2 Å².